The van der Waals surface area contributed by atoms with Crippen LogP contribution in [0, 0.1) is 0 Å². The Balaban J connectivity index is 0. The predicted octanol–water partition coefficient (Wildman–Crippen LogP) is -2.61. The Labute approximate surface area is 65.6 Å². The Morgan fingerprint density at radius 3 is 1.71 bits per heavy atom. The maximum absolute atomic E-state index is 9.67. The third-order valence-corrected chi connectivity index (χ3v) is 1.14. The summed E-state index contributed by atoms with van der Waals surface area (Å²) in [7, 11) is -3.41. The van der Waals surface area contributed by atoms with Crippen LogP contribution in [0.25, 0.3) is 5.14 Å². The number of sulfonamides is 1. The molecule has 5 heteroatoms. The molecule has 0 rings (SSSR count). The van der Waals surface area contributed by atoms with Crippen LogP contribution in [0.5, 0.6) is 0 Å². The predicted molar refractivity (Wildman–Crippen MR) is 23.8 cm³/mol. The van der Waals surface area contributed by atoms with Crippen LogP contribution in [0.4, 0.5) is 0 Å². The fourth-order valence-corrected chi connectivity index (χ4v) is 0. The summed E-state index contributed by atoms with van der Waals surface area (Å²) >= 11 is 0. The molecule has 0 spiro atoms. The van der Waals surface area contributed by atoms with Crippen molar-refractivity contribution >= 4 is 10.0 Å². The molecule has 38 valence electrons. The van der Waals surface area contributed by atoms with Crippen molar-refractivity contribution < 1.29 is 38.0 Å². The molecule has 0 radical (unpaired) electrons. The zero-order chi connectivity index (χ0) is 5.21. The third kappa shape index (κ3) is 10.9. The molecule has 7 heavy (non-hydrogen) atoms. The van der Waals surface area contributed by atoms with Gasteiger partial charge in [0.05, 0.1) is 10.0 Å². The van der Waals surface area contributed by atoms with E-state index in [1.807, 2.05) is 0 Å². The summed E-state index contributed by atoms with van der Waals surface area (Å²) in [5.74, 6) is -0.0903. The molecule has 0 amide bonds. The topological polar surface area (TPSA) is 57.9 Å². The van der Waals surface area contributed by atoms with Gasteiger partial charge in [0.1, 0.15) is 0 Å². The second kappa shape index (κ2) is 3.86. The summed E-state index contributed by atoms with van der Waals surface area (Å²) < 4.78 is 19.3. The first-order chi connectivity index (χ1) is 2.56. The minimum atomic E-state index is -3.41. The molecule has 0 atom stereocenters. The van der Waals surface area contributed by atoms with E-state index < -0.39 is 10.0 Å². The second-order valence-electron chi connectivity index (χ2n) is 0.903. The SMILES string of the molecule is CCS([NH-])(=O)=O.[Na+]. The summed E-state index contributed by atoms with van der Waals surface area (Å²) in [4.78, 5) is 0. The van der Waals surface area contributed by atoms with Crippen molar-refractivity contribution in [2.45, 2.75) is 6.92 Å². The number of rotatable bonds is 1. The van der Waals surface area contributed by atoms with Gasteiger partial charge in [-0.15, -0.1) is 0 Å². The molecule has 0 aliphatic carbocycles. The van der Waals surface area contributed by atoms with Gasteiger partial charge in [0.2, 0.25) is 0 Å². The van der Waals surface area contributed by atoms with Crippen LogP contribution in [-0.2, 0) is 10.0 Å². The Kier molecular flexibility index (Phi) is 5.96. The maximum atomic E-state index is 9.67. The van der Waals surface area contributed by atoms with E-state index in [2.05, 4.69) is 0 Å². The molecule has 0 saturated heterocycles. The molecule has 1 N–H and O–H groups in total. The Morgan fingerprint density at radius 1 is 1.57 bits per heavy atom. The Hall–Kier alpha value is 0.910. The number of hydrogen-bond donors (Lipinski definition) is 0. The van der Waals surface area contributed by atoms with E-state index in [1.54, 1.807) is 0 Å². The quantitative estimate of drug-likeness (QED) is 0.366. The molecular formula is C2H6NNaO2S. The first kappa shape index (κ1) is 10.8. The molecule has 0 aromatic carbocycles. The van der Waals surface area contributed by atoms with Crippen LogP contribution >= 0.6 is 0 Å². The largest absolute Gasteiger partial charge is 1.00 e. The zero-order valence-corrected chi connectivity index (χ0v) is 7.25. The van der Waals surface area contributed by atoms with E-state index in [4.69, 9.17) is 5.14 Å². The van der Waals surface area contributed by atoms with Crippen molar-refractivity contribution in [2.24, 2.45) is 0 Å². The molecule has 3 nitrogen and oxygen atoms in total. The van der Waals surface area contributed by atoms with E-state index in [0.29, 0.717) is 0 Å². The van der Waals surface area contributed by atoms with Crippen molar-refractivity contribution in [3.63, 3.8) is 0 Å². The van der Waals surface area contributed by atoms with Gasteiger partial charge in [-0.2, -0.15) is 0 Å². The fourth-order valence-electron chi connectivity index (χ4n) is 0. The molecule has 0 aliphatic heterocycles. The molecule has 0 aliphatic rings. The van der Waals surface area contributed by atoms with Crippen LogP contribution in [0.1, 0.15) is 6.92 Å². The molecule has 0 aromatic rings. The Morgan fingerprint density at radius 2 is 1.71 bits per heavy atom. The normalized spacial score (nSPS) is 10.0. The minimum absolute atomic E-state index is 0. The fraction of sp³-hybridized carbons (Fsp3) is 1.00. The summed E-state index contributed by atoms with van der Waals surface area (Å²) in [6.45, 7) is 1.43. The zero-order valence-electron chi connectivity index (χ0n) is 4.43. The van der Waals surface area contributed by atoms with E-state index in [1.165, 1.54) is 6.92 Å². The smallest absolute Gasteiger partial charge is 0.564 e. The van der Waals surface area contributed by atoms with E-state index in [0.717, 1.165) is 0 Å². The standard InChI is InChI=1S/C2H6NO2S.Na/c1-2-6(3,4)5;/h2H2,1H3,(H-,3,4,5);/q-1;+1. The van der Waals surface area contributed by atoms with Crippen molar-refractivity contribution in [2.75, 3.05) is 5.75 Å². The monoisotopic (exact) mass is 131 g/mol. The van der Waals surface area contributed by atoms with Gasteiger partial charge in [-0.1, -0.05) is 6.92 Å². The molecule has 0 aromatic heterocycles. The van der Waals surface area contributed by atoms with Crippen LogP contribution in [-0.4, -0.2) is 14.2 Å². The van der Waals surface area contributed by atoms with Gasteiger partial charge in [0.15, 0.2) is 0 Å². The van der Waals surface area contributed by atoms with E-state index >= 15 is 0 Å². The van der Waals surface area contributed by atoms with Gasteiger partial charge in [0, 0.05) is 5.75 Å². The van der Waals surface area contributed by atoms with Crippen molar-refractivity contribution in [3.8, 4) is 0 Å². The van der Waals surface area contributed by atoms with E-state index in [-0.39, 0.29) is 35.3 Å². The molecule has 0 fully saturated rings. The minimum Gasteiger partial charge on any atom is -0.564 e. The number of nitrogens with one attached hydrogen (secondary N) is 1. The van der Waals surface area contributed by atoms with Crippen LogP contribution in [0.15, 0.2) is 0 Å². The first-order valence-electron chi connectivity index (χ1n) is 1.53. The molecule has 0 saturated carbocycles. The summed E-state index contributed by atoms with van der Waals surface area (Å²) in [5, 5.41) is 6.15. The summed E-state index contributed by atoms with van der Waals surface area (Å²) in [5.41, 5.74) is 0. The molecule has 0 unspecified atom stereocenters. The first-order valence-corrected chi connectivity index (χ1v) is 3.19. The third-order valence-electron chi connectivity index (χ3n) is 0.380. The Bertz CT molecular complexity index is 118. The average Bonchev–Trinajstić information content (AvgIpc) is 1.35. The van der Waals surface area contributed by atoms with Crippen LogP contribution < -0.4 is 29.6 Å². The van der Waals surface area contributed by atoms with Crippen molar-refractivity contribution in [1.29, 1.82) is 0 Å². The van der Waals surface area contributed by atoms with Gasteiger partial charge in [0.25, 0.3) is 0 Å². The van der Waals surface area contributed by atoms with Crippen LogP contribution in [0.3, 0.4) is 0 Å². The molecule has 0 bridgehead atoms. The van der Waals surface area contributed by atoms with Gasteiger partial charge >= 0.3 is 29.6 Å². The number of hydrogen-bond acceptors (Lipinski definition) is 2. The van der Waals surface area contributed by atoms with Gasteiger partial charge in [-0.05, 0) is 0 Å². The summed E-state index contributed by atoms with van der Waals surface area (Å²) in [6, 6.07) is 0. The van der Waals surface area contributed by atoms with E-state index in [9.17, 15) is 8.42 Å². The summed E-state index contributed by atoms with van der Waals surface area (Å²) in [6.07, 6.45) is 0. The molecule has 0 heterocycles. The van der Waals surface area contributed by atoms with Gasteiger partial charge in [-0.25, -0.2) is 8.42 Å². The van der Waals surface area contributed by atoms with Gasteiger partial charge < -0.3 is 5.14 Å². The van der Waals surface area contributed by atoms with Crippen molar-refractivity contribution in [3.05, 3.63) is 5.14 Å². The average molecular weight is 131 g/mol. The maximum Gasteiger partial charge on any atom is 1.00 e. The van der Waals surface area contributed by atoms with Gasteiger partial charge in [-0.3, -0.25) is 0 Å². The molecular weight excluding hydrogens is 125 g/mol. The van der Waals surface area contributed by atoms with Crippen LogP contribution in [0.2, 0.25) is 0 Å². The second-order valence-corrected chi connectivity index (χ2v) is 2.71. The van der Waals surface area contributed by atoms with Crippen molar-refractivity contribution in [1.82, 2.24) is 0 Å².